The number of sulfone groups is 1. The lowest BCUT2D eigenvalue weighted by molar-refractivity contribution is 0.269. The number of rotatable bonds is 8. The minimum atomic E-state index is -3.94. The van der Waals surface area contributed by atoms with E-state index in [9.17, 15) is 13.7 Å². The van der Waals surface area contributed by atoms with Gasteiger partial charge in [0.05, 0.1) is 11.5 Å². The molecule has 164 valence electrons. The average Bonchev–Trinajstić information content (AvgIpc) is 2.78. The van der Waals surface area contributed by atoms with Crippen molar-refractivity contribution < 1.29 is 17.9 Å². The lowest BCUT2D eigenvalue weighted by Crippen LogP contribution is -2.04. The monoisotopic (exact) mass is 467 g/mol. The molecule has 7 heteroatoms. The molecule has 0 fully saturated rings. The molecule has 0 saturated carbocycles. The molecule has 0 heterocycles. The molecule has 0 aliphatic heterocycles. The van der Waals surface area contributed by atoms with Crippen molar-refractivity contribution in [2.75, 3.05) is 6.61 Å². The first-order valence-corrected chi connectivity index (χ1v) is 11.8. The van der Waals surface area contributed by atoms with Gasteiger partial charge in [0.25, 0.3) is 0 Å². The lowest BCUT2D eigenvalue weighted by Gasteiger charge is -2.13. The summed E-state index contributed by atoms with van der Waals surface area (Å²) in [5.74, 6) is 0.933. The van der Waals surface area contributed by atoms with Crippen LogP contribution in [0.25, 0.3) is 6.08 Å². The van der Waals surface area contributed by atoms with Gasteiger partial charge >= 0.3 is 0 Å². The third-order valence-corrected chi connectivity index (χ3v) is 6.69. The third kappa shape index (κ3) is 5.50. The minimum absolute atomic E-state index is 0.0700. The summed E-state index contributed by atoms with van der Waals surface area (Å²) in [6.07, 6.45) is 1.33. The first-order chi connectivity index (χ1) is 15.3. The van der Waals surface area contributed by atoms with E-state index in [2.05, 4.69) is 0 Å². The van der Waals surface area contributed by atoms with E-state index in [1.54, 1.807) is 36.4 Å². The van der Waals surface area contributed by atoms with Crippen molar-refractivity contribution >= 4 is 27.5 Å². The summed E-state index contributed by atoms with van der Waals surface area (Å²) in [7, 11) is -3.94. The topological polar surface area (TPSA) is 76.4 Å². The molecule has 3 aromatic rings. The number of halogens is 1. The van der Waals surface area contributed by atoms with Gasteiger partial charge in [0.1, 0.15) is 17.6 Å². The number of allylic oxidation sites excluding steroid dienone is 1. The van der Waals surface area contributed by atoms with Crippen molar-refractivity contribution in [1.82, 2.24) is 0 Å². The Labute approximate surface area is 193 Å². The van der Waals surface area contributed by atoms with Gasteiger partial charge in [0, 0.05) is 10.6 Å². The summed E-state index contributed by atoms with van der Waals surface area (Å²) in [5, 5.41) is 10.1. The Bertz CT molecular complexity index is 1280. The molecule has 3 rings (SSSR count). The van der Waals surface area contributed by atoms with Gasteiger partial charge in [0.2, 0.25) is 9.84 Å². The maximum Gasteiger partial charge on any atom is 0.216 e. The van der Waals surface area contributed by atoms with Crippen molar-refractivity contribution in [2.45, 2.75) is 25.3 Å². The van der Waals surface area contributed by atoms with Crippen molar-refractivity contribution in [3.05, 3.63) is 93.3 Å². The summed E-state index contributed by atoms with van der Waals surface area (Å²) in [4.78, 5) is -0.283. The molecule has 0 saturated heterocycles. The van der Waals surface area contributed by atoms with Crippen molar-refractivity contribution in [3.8, 4) is 17.6 Å². The van der Waals surface area contributed by atoms with Gasteiger partial charge in [-0.05, 0) is 55.8 Å². The summed E-state index contributed by atoms with van der Waals surface area (Å²) in [5.41, 5.74) is 2.27. The van der Waals surface area contributed by atoms with Gasteiger partial charge in [-0.1, -0.05) is 53.6 Å². The standard InChI is InChI=1S/C25H22ClNO4S/c1-3-30-25-15-19(10-13-24(25)31-17-20-6-4-5-7-23(20)26)14-22(16-27)32(28,29)21-11-8-18(2)9-12-21/h4-15H,3,17H2,1-2H3/b22-14+. The lowest BCUT2D eigenvalue weighted by atomic mass is 10.2. The van der Waals surface area contributed by atoms with E-state index in [0.29, 0.717) is 28.7 Å². The van der Waals surface area contributed by atoms with Crippen LogP contribution in [0, 0.1) is 18.3 Å². The Morgan fingerprint density at radius 1 is 1.03 bits per heavy atom. The van der Waals surface area contributed by atoms with Gasteiger partial charge in [-0.3, -0.25) is 0 Å². The number of aryl methyl sites for hydroxylation is 1. The summed E-state index contributed by atoms with van der Waals surface area (Å²) in [6.45, 7) is 4.34. The molecule has 0 aliphatic rings. The number of ether oxygens (including phenoxy) is 2. The van der Waals surface area contributed by atoms with Crippen molar-refractivity contribution in [1.29, 1.82) is 5.26 Å². The smallest absolute Gasteiger partial charge is 0.216 e. The molecule has 0 atom stereocenters. The van der Waals surface area contributed by atoms with Crippen LogP contribution in [-0.2, 0) is 16.4 Å². The highest BCUT2D eigenvalue weighted by atomic mass is 35.5. The molecular weight excluding hydrogens is 446 g/mol. The van der Waals surface area contributed by atoms with Gasteiger partial charge in [0.15, 0.2) is 11.5 Å². The summed E-state index contributed by atoms with van der Waals surface area (Å²) < 4.78 is 37.3. The summed E-state index contributed by atoms with van der Waals surface area (Å²) in [6, 6.07) is 20.6. The summed E-state index contributed by atoms with van der Waals surface area (Å²) >= 11 is 6.19. The molecule has 0 amide bonds. The molecule has 0 aromatic heterocycles. The molecule has 3 aromatic carbocycles. The van der Waals surface area contributed by atoms with Crippen molar-refractivity contribution in [2.24, 2.45) is 0 Å². The van der Waals surface area contributed by atoms with Crippen LogP contribution in [0.1, 0.15) is 23.6 Å². The molecule has 0 N–H and O–H groups in total. The number of hydrogen-bond acceptors (Lipinski definition) is 5. The Hall–Kier alpha value is -3.27. The number of nitrogens with zero attached hydrogens (tertiary/aromatic N) is 1. The van der Waals surface area contributed by atoms with Crippen LogP contribution < -0.4 is 9.47 Å². The van der Waals surface area contributed by atoms with Gasteiger partial charge in [-0.25, -0.2) is 8.42 Å². The van der Waals surface area contributed by atoms with Crippen molar-refractivity contribution in [3.63, 3.8) is 0 Å². The zero-order valence-corrected chi connectivity index (χ0v) is 19.3. The van der Waals surface area contributed by atoms with E-state index in [-0.39, 0.29) is 16.4 Å². The Morgan fingerprint density at radius 3 is 2.41 bits per heavy atom. The van der Waals surface area contributed by atoms with Crippen LogP contribution in [0.2, 0.25) is 5.02 Å². The number of hydrogen-bond donors (Lipinski definition) is 0. The van der Waals surface area contributed by atoms with Crippen LogP contribution in [0.15, 0.2) is 76.5 Å². The largest absolute Gasteiger partial charge is 0.490 e. The second kappa shape index (κ2) is 10.4. The van der Waals surface area contributed by atoms with Crippen LogP contribution in [0.3, 0.4) is 0 Å². The minimum Gasteiger partial charge on any atom is -0.490 e. The zero-order chi connectivity index (χ0) is 23.1. The van der Waals surface area contributed by atoms with Crippen LogP contribution in [0.4, 0.5) is 0 Å². The number of benzene rings is 3. The van der Waals surface area contributed by atoms with E-state index < -0.39 is 9.84 Å². The van der Waals surface area contributed by atoms with E-state index in [0.717, 1.165) is 11.1 Å². The fourth-order valence-electron chi connectivity index (χ4n) is 2.94. The molecule has 0 aliphatic carbocycles. The molecule has 0 unspecified atom stereocenters. The highest BCUT2D eigenvalue weighted by Crippen LogP contribution is 2.31. The second-order valence-corrected chi connectivity index (χ2v) is 9.28. The Kier molecular flexibility index (Phi) is 7.57. The maximum absolute atomic E-state index is 12.9. The Morgan fingerprint density at radius 2 is 1.75 bits per heavy atom. The fourth-order valence-corrected chi connectivity index (χ4v) is 4.29. The van der Waals surface area contributed by atoms with Gasteiger partial charge < -0.3 is 9.47 Å². The molecular formula is C25H22ClNO4S. The zero-order valence-electron chi connectivity index (χ0n) is 17.7. The normalized spacial score (nSPS) is 11.6. The maximum atomic E-state index is 12.9. The SMILES string of the molecule is CCOc1cc(/C=C(\C#N)S(=O)(=O)c2ccc(C)cc2)ccc1OCc1ccccc1Cl. The van der Waals surface area contributed by atoms with Crippen LogP contribution >= 0.6 is 11.6 Å². The second-order valence-electron chi connectivity index (χ2n) is 6.96. The first kappa shape index (κ1) is 23.4. The third-order valence-electron chi connectivity index (χ3n) is 4.64. The first-order valence-electron chi connectivity index (χ1n) is 9.91. The predicted molar refractivity (Wildman–Crippen MR) is 125 cm³/mol. The van der Waals surface area contributed by atoms with E-state index in [1.165, 1.54) is 18.2 Å². The van der Waals surface area contributed by atoms with Gasteiger partial charge in [-0.15, -0.1) is 0 Å². The van der Waals surface area contributed by atoms with E-state index in [1.807, 2.05) is 38.1 Å². The van der Waals surface area contributed by atoms with E-state index >= 15 is 0 Å². The highest BCUT2D eigenvalue weighted by molar-refractivity contribution is 7.95. The molecule has 0 spiro atoms. The molecule has 0 bridgehead atoms. The number of nitriles is 1. The molecule has 5 nitrogen and oxygen atoms in total. The van der Waals surface area contributed by atoms with Crippen LogP contribution in [-0.4, -0.2) is 15.0 Å². The molecule has 0 radical (unpaired) electrons. The Balaban J connectivity index is 1.91. The van der Waals surface area contributed by atoms with E-state index in [4.69, 9.17) is 21.1 Å². The highest BCUT2D eigenvalue weighted by Gasteiger charge is 2.21. The quantitative estimate of drug-likeness (QED) is 0.382. The average molecular weight is 468 g/mol. The fraction of sp³-hybridized carbons (Fsp3) is 0.160. The molecule has 32 heavy (non-hydrogen) atoms. The van der Waals surface area contributed by atoms with Gasteiger partial charge in [-0.2, -0.15) is 5.26 Å². The van der Waals surface area contributed by atoms with Crippen LogP contribution in [0.5, 0.6) is 11.5 Å². The predicted octanol–water partition coefficient (Wildman–Crippen LogP) is 5.96.